The monoisotopic (exact) mass is 521 g/mol. The highest BCUT2D eigenvalue weighted by Crippen LogP contribution is 2.25. The van der Waals surface area contributed by atoms with Crippen molar-refractivity contribution in [1.82, 2.24) is 20.1 Å². The number of nitrogens with one attached hydrogen (secondary N) is 1. The van der Waals surface area contributed by atoms with Crippen LogP contribution in [-0.4, -0.2) is 79.3 Å². The van der Waals surface area contributed by atoms with Gasteiger partial charge in [0, 0.05) is 39.4 Å². The van der Waals surface area contributed by atoms with Gasteiger partial charge < -0.3 is 15.0 Å². The fraction of sp³-hybridized carbons (Fsp3) is 0.625. The van der Waals surface area contributed by atoms with Gasteiger partial charge in [-0.25, -0.2) is 4.98 Å². The van der Waals surface area contributed by atoms with E-state index in [9.17, 15) is 13.2 Å². The molecule has 11 heteroatoms. The molecule has 1 atom stereocenters. The second kappa shape index (κ2) is 11.1. The Morgan fingerprint density at radius 2 is 2.04 bits per heavy atom. The molecule has 0 saturated carbocycles. The molecule has 0 aliphatic carbocycles. The van der Waals surface area contributed by atoms with Crippen LogP contribution < -0.4 is 10.1 Å². The van der Waals surface area contributed by atoms with Crippen LogP contribution in [0.1, 0.15) is 6.92 Å². The van der Waals surface area contributed by atoms with Crippen molar-refractivity contribution in [2.45, 2.75) is 19.1 Å². The normalized spacial score (nSPS) is 17.3. The van der Waals surface area contributed by atoms with Gasteiger partial charge in [0.2, 0.25) is 5.88 Å². The molecule has 1 aliphatic heterocycles. The number of piperazine rings is 1. The molecule has 1 saturated heterocycles. The smallest absolute Gasteiger partial charge is 0.403 e. The lowest BCUT2D eigenvalue weighted by Gasteiger charge is -2.39. The van der Waals surface area contributed by atoms with Gasteiger partial charge >= 0.3 is 6.18 Å². The number of alkyl halides is 3. The minimum absolute atomic E-state index is 0. The van der Waals surface area contributed by atoms with Crippen LogP contribution in [0.4, 0.5) is 13.2 Å². The highest BCUT2D eigenvalue weighted by atomic mass is 127. The number of aromatic nitrogens is 1. The van der Waals surface area contributed by atoms with Gasteiger partial charge in [-0.05, 0) is 19.1 Å². The molecule has 1 aliphatic rings. The molecule has 1 N–H and O–H groups in total. The molecule has 0 radical (unpaired) electrons. The number of rotatable bonds is 5. The topological polar surface area (TPSA) is 53.0 Å². The Morgan fingerprint density at radius 1 is 1.37 bits per heavy atom. The van der Waals surface area contributed by atoms with Crippen molar-refractivity contribution in [2.24, 2.45) is 4.99 Å². The Hall–Kier alpha value is -1.01. The van der Waals surface area contributed by atoms with Gasteiger partial charge in [0.25, 0.3) is 0 Å². The maximum atomic E-state index is 12.8. The van der Waals surface area contributed by atoms with Crippen molar-refractivity contribution in [1.29, 1.82) is 0 Å². The number of nitrogens with zero attached hydrogens (tertiary/aromatic N) is 4. The molecule has 6 nitrogen and oxygen atoms in total. The summed E-state index contributed by atoms with van der Waals surface area (Å²) in [6.45, 7) is 3.63. The molecule has 154 valence electrons. The van der Waals surface area contributed by atoms with Crippen molar-refractivity contribution < 1.29 is 17.9 Å². The lowest BCUT2D eigenvalue weighted by atomic mass is 10.2. The number of halogens is 5. The van der Waals surface area contributed by atoms with Gasteiger partial charge in [0.1, 0.15) is 17.7 Å². The third kappa shape index (κ3) is 7.15. The quantitative estimate of drug-likeness (QED) is 0.280. The lowest BCUT2D eigenvalue weighted by molar-refractivity contribution is -0.181. The minimum atomic E-state index is -4.20. The van der Waals surface area contributed by atoms with Crippen molar-refractivity contribution in [3.63, 3.8) is 0 Å². The van der Waals surface area contributed by atoms with Crippen molar-refractivity contribution in [3.8, 4) is 5.88 Å². The van der Waals surface area contributed by atoms with E-state index in [4.69, 9.17) is 16.3 Å². The zero-order valence-electron chi connectivity index (χ0n) is 15.2. The Morgan fingerprint density at radius 3 is 2.59 bits per heavy atom. The number of pyridine rings is 1. The third-order valence-corrected chi connectivity index (χ3v) is 4.48. The largest absolute Gasteiger partial charge is 0.475 e. The third-order valence-electron chi connectivity index (χ3n) is 4.20. The lowest BCUT2D eigenvalue weighted by Crippen LogP contribution is -2.57. The van der Waals surface area contributed by atoms with E-state index in [2.05, 4.69) is 15.3 Å². The summed E-state index contributed by atoms with van der Waals surface area (Å²) in [5, 5.41) is 3.58. The summed E-state index contributed by atoms with van der Waals surface area (Å²) in [6, 6.07) is 1.97. The summed E-state index contributed by atoms with van der Waals surface area (Å²) in [5.41, 5.74) is 0. The summed E-state index contributed by atoms with van der Waals surface area (Å²) in [6.07, 6.45) is -2.61. The molecule has 1 aromatic heterocycles. The first-order chi connectivity index (χ1) is 12.3. The predicted octanol–water partition coefficient (Wildman–Crippen LogP) is 2.88. The van der Waals surface area contributed by atoms with Crippen molar-refractivity contribution in [2.75, 3.05) is 46.4 Å². The van der Waals surface area contributed by atoms with E-state index in [1.807, 2.05) is 4.90 Å². The first-order valence-corrected chi connectivity index (χ1v) is 8.70. The zero-order chi connectivity index (χ0) is 19.2. The van der Waals surface area contributed by atoms with E-state index in [0.29, 0.717) is 56.2 Å². The molecule has 1 fully saturated rings. The second-order valence-corrected chi connectivity index (χ2v) is 6.26. The van der Waals surface area contributed by atoms with Crippen LogP contribution in [-0.2, 0) is 0 Å². The first kappa shape index (κ1) is 24.0. The second-order valence-electron chi connectivity index (χ2n) is 5.85. The van der Waals surface area contributed by atoms with Crippen LogP contribution in [0.2, 0.25) is 5.02 Å². The Bertz CT molecular complexity index is 612. The molecule has 0 aromatic carbocycles. The SMILES string of the molecule is CN=C(NCCOc1ncccc1Cl)N1CCN(C(C)C(F)(F)F)CC1.I. The van der Waals surface area contributed by atoms with E-state index < -0.39 is 12.2 Å². The van der Waals surface area contributed by atoms with Crippen LogP contribution in [0.25, 0.3) is 0 Å². The molecule has 0 spiro atoms. The molecule has 2 rings (SSSR count). The van der Waals surface area contributed by atoms with Crippen molar-refractivity contribution >= 4 is 41.5 Å². The van der Waals surface area contributed by atoms with E-state index >= 15 is 0 Å². The number of hydrogen-bond acceptors (Lipinski definition) is 4. The van der Waals surface area contributed by atoms with Gasteiger partial charge in [-0.1, -0.05) is 11.6 Å². The zero-order valence-corrected chi connectivity index (χ0v) is 18.3. The van der Waals surface area contributed by atoms with Crippen LogP contribution in [0.15, 0.2) is 23.3 Å². The maximum absolute atomic E-state index is 12.8. The molecule has 27 heavy (non-hydrogen) atoms. The number of hydrogen-bond donors (Lipinski definition) is 1. The summed E-state index contributed by atoms with van der Waals surface area (Å²) in [7, 11) is 1.64. The average Bonchev–Trinajstić information content (AvgIpc) is 2.62. The molecule has 1 aromatic rings. The summed E-state index contributed by atoms with van der Waals surface area (Å²) in [5.74, 6) is 1.00. The van der Waals surface area contributed by atoms with Crippen LogP contribution >= 0.6 is 35.6 Å². The van der Waals surface area contributed by atoms with E-state index in [-0.39, 0.29) is 24.0 Å². The highest BCUT2D eigenvalue weighted by Gasteiger charge is 2.41. The van der Waals surface area contributed by atoms with Gasteiger partial charge in [-0.2, -0.15) is 13.2 Å². The predicted molar refractivity (Wildman–Crippen MR) is 110 cm³/mol. The fourth-order valence-electron chi connectivity index (χ4n) is 2.65. The number of aliphatic imine (C=N–C) groups is 1. The first-order valence-electron chi connectivity index (χ1n) is 8.32. The number of guanidine groups is 1. The van der Waals surface area contributed by atoms with Gasteiger partial charge in [0.05, 0.1) is 6.54 Å². The molecular weight excluding hydrogens is 498 g/mol. The molecular formula is C16H24ClF3IN5O. The standard InChI is InChI=1S/C16H23ClF3N5O.HI/c1-12(16(18,19)20)24-7-9-25(10-8-24)15(21-2)23-6-11-26-14-13(17)4-3-5-22-14;/h3-5,12H,6-11H2,1-2H3,(H,21,23);1H. The highest BCUT2D eigenvalue weighted by molar-refractivity contribution is 14.0. The number of ether oxygens (including phenoxy) is 1. The Labute approximate surface area is 179 Å². The van der Waals surface area contributed by atoms with E-state index in [1.165, 1.54) is 11.8 Å². The summed E-state index contributed by atoms with van der Waals surface area (Å²) >= 11 is 5.96. The van der Waals surface area contributed by atoms with Crippen molar-refractivity contribution in [3.05, 3.63) is 23.4 Å². The van der Waals surface area contributed by atoms with Crippen LogP contribution in [0.3, 0.4) is 0 Å². The van der Waals surface area contributed by atoms with E-state index in [0.717, 1.165) is 0 Å². The molecule has 2 heterocycles. The summed E-state index contributed by atoms with van der Waals surface area (Å²) in [4.78, 5) is 11.6. The van der Waals surface area contributed by atoms with Crippen LogP contribution in [0.5, 0.6) is 5.88 Å². The summed E-state index contributed by atoms with van der Waals surface area (Å²) < 4.78 is 43.9. The van der Waals surface area contributed by atoms with Gasteiger partial charge in [-0.15, -0.1) is 24.0 Å². The van der Waals surface area contributed by atoms with Gasteiger partial charge in [0.15, 0.2) is 5.96 Å². The van der Waals surface area contributed by atoms with Gasteiger partial charge in [-0.3, -0.25) is 9.89 Å². The Balaban J connectivity index is 0.00000364. The molecule has 1 unspecified atom stereocenters. The maximum Gasteiger partial charge on any atom is 0.403 e. The van der Waals surface area contributed by atoms with Crippen LogP contribution in [0, 0.1) is 0 Å². The fourth-order valence-corrected chi connectivity index (χ4v) is 2.82. The molecule has 0 amide bonds. The Kier molecular flexibility index (Phi) is 9.88. The molecule has 0 bridgehead atoms. The average molecular weight is 522 g/mol. The van der Waals surface area contributed by atoms with E-state index in [1.54, 1.807) is 25.4 Å². The minimum Gasteiger partial charge on any atom is -0.475 e.